The van der Waals surface area contributed by atoms with Gasteiger partial charge in [0, 0.05) is 12.8 Å². The summed E-state index contributed by atoms with van der Waals surface area (Å²) in [6, 6.07) is 2.06. The first kappa shape index (κ1) is 9.96. The number of rotatable bonds is 5. The van der Waals surface area contributed by atoms with Crippen LogP contribution in [0.5, 0.6) is 0 Å². The fourth-order valence-corrected chi connectivity index (χ4v) is 0.736. The lowest BCUT2D eigenvalue weighted by Gasteiger charge is -2.02. The molecule has 0 bridgehead atoms. The fraction of sp³-hybridized carbons (Fsp3) is 0.750. The summed E-state index contributed by atoms with van der Waals surface area (Å²) >= 11 is 0. The van der Waals surface area contributed by atoms with Crippen LogP contribution in [-0.2, 0) is 4.74 Å². The van der Waals surface area contributed by atoms with Crippen LogP contribution >= 0.6 is 0 Å². The summed E-state index contributed by atoms with van der Waals surface area (Å²) < 4.78 is 4.92. The van der Waals surface area contributed by atoms with Crippen molar-refractivity contribution in [3.05, 3.63) is 0 Å². The first-order chi connectivity index (χ1) is 5.31. The molecule has 0 aromatic rings. The van der Waals surface area contributed by atoms with Crippen LogP contribution in [0.3, 0.4) is 0 Å². The van der Waals surface area contributed by atoms with E-state index in [1.165, 1.54) is 0 Å². The van der Waals surface area contributed by atoms with E-state index in [2.05, 4.69) is 6.07 Å². The first-order valence-corrected chi connectivity index (χ1v) is 3.88. The van der Waals surface area contributed by atoms with Crippen LogP contribution in [0.1, 0.15) is 32.6 Å². The summed E-state index contributed by atoms with van der Waals surface area (Å²) in [6.45, 7) is 2.43. The van der Waals surface area contributed by atoms with Gasteiger partial charge in [-0.05, 0) is 19.8 Å². The molecule has 3 nitrogen and oxygen atoms in total. The molecule has 0 fully saturated rings. The van der Waals surface area contributed by atoms with Crippen molar-refractivity contribution >= 4 is 5.90 Å². The zero-order valence-corrected chi connectivity index (χ0v) is 6.89. The Morgan fingerprint density at radius 3 is 2.82 bits per heavy atom. The Balaban J connectivity index is 3.12. The van der Waals surface area contributed by atoms with Crippen molar-refractivity contribution in [2.75, 3.05) is 6.61 Å². The third kappa shape index (κ3) is 6.85. The van der Waals surface area contributed by atoms with Crippen molar-refractivity contribution < 1.29 is 4.74 Å². The monoisotopic (exact) mass is 154 g/mol. The second-order valence-corrected chi connectivity index (χ2v) is 2.22. The van der Waals surface area contributed by atoms with Crippen LogP contribution in [0.4, 0.5) is 0 Å². The maximum absolute atomic E-state index is 8.20. The van der Waals surface area contributed by atoms with E-state index in [0.29, 0.717) is 25.3 Å². The predicted molar refractivity (Wildman–Crippen MR) is 43.4 cm³/mol. The Hall–Kier alpha value is -1.04. The van der Waals surface area contributed by atoms with Gasteiger partial charge in [-0.25, -0.2) is 0 Å². The molecule has 0 spiro atoms. The highest BCUT2D eigenvalue weighted by Gasteiger charge is 1.95. The van der Waals surface area contributed by atoms with Crippen molar-refractivity contribution in [1.82, 2.24) is 0 Å². The van der Waals surface area contributed by atoms with Crippen LogP contribution in [0.25, 0.3) is 0 Å². The molecule has 0 amide bonds. The Bertz CT molecular complexity index is 149. The van der Waals surface area contributed by atoms with Gasteiger partial charge >= 0.3 is 0 Å². The molecule has 0 aromatic carbocycles. The van der Waals surface area contributed by atoms with Gasteiger partial charge in [0.05, 0.1) is 12.7 Å². The van der Waals surface area contributed by atoms with E-state index in [1.54, 1.807) is 0 Å². The highest BCUT2D eigenvalue weighted by molar-refractivity contribution is 5.72. The van der Waals surface area contributed by atoms with Crippen LogP contribution in [0.15, 0.2) is 0 Å². The van der Waals surface area contributed by atoms with Gasteiger partial charge in [-0.2, -0.15) is 5.26 Å². The molecule has 0 unspecified atom stereocenters. The van der Waals surface area contributed by atoms with Crippen molar-refractivity contribution in [3.63, 3.8) is 0 Å². The van der Waals surface area contributed by atoms with Crippen molar-refractivity contribution in [3.8, 4) is 6.07 Å². The van der Waals surface area contributed by atoms with Gasteiger partial charge in [0.2, 0.25) is 0 Å². The summed E-state index contributed by atoms with van der Waals surface area (Å²) in [5, 5.41) is 15.4. The molecule has 0 saturated carbocycles. The molecule has 1 N–H and O–H groups in total. The summed E-state index contributed by atoms with van der Waals surface area (Å²) in [6.07, 6.45) is 2.99. The van der Waals surface area contributed by atoms with Gasteiger partial charge < -0.3 is 4.74 Å². The number of nitriles is 1. The standard InChI is InChI=1S/C8H14N2O/c1-2-11-8(10)6-4-3-5-7-9/h10H,2-6H2,1H3. The zero-order chi connectivity index (χ0) is 8.53. The molecular weight excluding hydrogens is 140 g/mol. The maximum Gasteiger partial charge on any atom is 0.180 e. The lowest BCUT2D eigenvalue weighted by molar-refractivity contribution is 0.312. The second-order valence-electron chi connectivity index (χ2n) is 2.22. The van der Waals surface area contributed by atoms with Crippen LogP contribution < -0.4 is 0 Å². The summed E-state index contributed by atoms with van der Waals surface area (Å²) in [7, 11) is 0. The van der Waals surface area contributed by atoms with Crippen molar-refractivity contribution in [2.45, 2.75) is 32.6 Å². The highest BCUT2D eigenvalue weighted by atomic mass is 16.5. The molecule has 0 heterocycles. The summed E-state index contributed by atoms with van der Waals surface area (Å²) in [5.74, 6) is 0.338. The van der Waals surface area contributed by atoms with E-state index in [0.717, 1.165) is 12.8 Å². The molecular formula is C8H14N2O. The van der Waals surface area contributed by atoms with Gasteiger partial charge in [0.1, 0.15) is 0 Å². The van der Waals surface area contributed by atoms with Gasteiger partial charge in [-0.3, -0.25) is 5.41 Å². The van der Waals surface area contributed by atoms with E-state index < -0.39 is 0 Å². The Morgan fingerprint density at radius 2 is 2.27 bits per heavy atom. The maximum atomic E-state index is 8.20. The molecule has 0 aliphatic carbocycles. The lowest BCUT2D eigenvalue weighted by atomic mass is 10.2. The second kappa shape index (κ2) is 7.07. The minimum absolute atomic E-state index is 0.338. The predicted octanol–water partition coefficient (Wildman–Crippen LogP) is 2.08. The fourth-order valence-electron chi connectivity index (χ4n) is 0.736. The SMILES string of the molecule is CCOC(=N)CCCCC#N. The largest absolute Gasteiger partial charge is 0.481 e. The molecule has 0 aromatic heterocycles. The van der Waals surface area contributed by atoms with Gasteiger partial charge in [0.15, 0.2) is 5.90 Å². The number of nitrogens with one attached hydrogen (secondary N) is 1. The third-order valence-corrected chi connectivity index (χ3v) is 1.26. The number of ether oxygens (including phenoxy) is 1. The van der Waals surface area contributed by atoms with Gasteiger partial charge in [-0.1, -0.05) is 0 Å². The average Bonchev–Trinajstić information content (AvgIpc) is 1.99. The normalized spacial score (nSPS) is 8.73. The van der Waals surface area contributed by atoms with Gasteiger partial charge in [0.25, 0.3) is 0 Å². The molecule has 0 radical (unpaired) electrons. The Labute approximate surface area is 67.5 Å². The van der Waals surface area contributed by atoms with Crippen LogP contribution in [0.2, 0.25) is 0 Å². The topological polar surface area (TPSA) is 56.9 Å². The molecule has 0 aliphatic heterocycles. The van der Waals surface area contributed by atoms with E-state index >= 15 is 0 Å². The number of hydrogen-bond donors (Lipinski definition) is 1. The zero-order valence-electron chi connectivity index (χ0n) is 6.89. The quantitative estimate of drug-likeness (QED) is 0.374. The minimum Gasteiger partial charge on any atom is -0.481 e. The Morgan fingerprint density at radius 1 is 1.55 bits per heavy atom. The molecule has 0 saturated heterocycles. The Kier molecular flexibility index (Phi) is 6.40. The smallest absolute Gasteiger partial charge is 0.180 e. The first-order valence-electron chi connectivity index (χ1n) is 3.88. The van der Waals surface area contributed by atoms with E-state index in [1.807, 2.05) is 6.92 Å². The number of nitrogens with zero attached hydrogens (tertiary/aromatic N) is 1. The number of hydrogen-bond acceptors (Lipinski definition) is 3. The highest BCUT2D eigenvalue weighted by Crippen LogP contribution is 2.00. The molecule has 0 atom stereocenters. The van der Waals surface area contributed by atoms with Crippen LogP contribution in [0, 0.1) is 16.7 Å². The molecule has 3 heteroatoms. The molecule has 0 aliphatic rings. The molecule has 62 valence electrons. The van der Waals surface area contributed by atoms with Crippen molar-refractivity contribution in [2.24, 2.45) is 0 Å². The average molecular weight is 154 g/mol. The summed E-state index contributed by atoms with van der Waals surface area (Å²) in [4.78, 5) is 0. The lowest BCUT2D eigenvalue weighted by Crippen LogP contribution is -2.01. The summed E-state index contributed by atoms with van der Waals surface area (Å²) in [5.41, 5.74) is 0. The minimum atomic E-state index is 0.338. The van der Waals surface area contributed by atoms with E-state index in [9.17, 15) is 0 Å². The van der Waals surface area contributed by atoms with Gasteiger partial charge in [-0.15, -0.1) is 0 Å². The molecule has 0 rings (SSSR count). The number of unbranched alkanes of at least 4 members (excludes halogenated alkanes) is 2. The van der Waals surface area contributed by atoms with E-state index in [-0.39, 0.29) is 0 Å². The van der Waals surface area contributed by atoms with Crippen molar-refractivity contribution in [1.29, 1.82) is 10.7 Å². The van der Waals surface area contributed by atoms with Crippen LogP contribution in [-0.4, -0.2) is 12.5 Å². The third-order valence-electron chi connectivity index (χ3n) is 1.26. The van der Waals surface area contributed by atoms with E-state index in [4.69, 9.17) is 15.4 Å². The molecule has 11 heavy (non-hydrogen) atoms.